The Hall–Kier alpha value is -1.84. The van der Waals surface area contributed by atoms with Crippen molar-refractivity contribution in [1.29, 1.82) is 0 Å². The molecule has 92 valence electrons. The fourth-order valence-electron chi connectivity index (χ4n) is 1.51. The molecule has 0 aliphatic carbocycles. The van der Waals surface area contributed by atoms with E-state index in [0.717, 1.165) is 11.3 Å². The van der Waals surface area contributed by atoms with Crippen LogP contribution in [-0.4, -0.2) is 21.8 Å². The van der Waals surface area contributed by atoms with Gasteiger partial charge in [-0.15, -0.1) is 0 Å². The molecule has 0 fully saturated rings. The molecule has 4 nitrogen and oxygen atoms in total. The Bertz CT molecular complexity index is 502. The Labute approximate surface area is 102 Å². The highest BCUT2D eigenvalue weighted by molar-refractivity contribution is 5.94. The molecule has 1 N–H and O–H groups in total. The number of rotatable bonds is 2. The first-order chi connectivity index (χ1) is 8.22. The van der Waals surface area contributed by atoms with Crippen LogP contribution in [0, 0.1) is 6.92 Å². The molecule has 17 heavy (non-hydrogen) atoms. The van der Waals surface area contributed by atoms with E-state index in [-0.39, 0.29) is 5.91 Å². The third kappa shape index (κ3) is 2.84. The Morgan fingerprint density at radius 1 is 1.47 bits per heavy atom. The molecule has 0 saturated carbocycles. The van der Waals surface area contributed by atoms with Gasteiger partial charge in [-0.25, -0.2) is 4.98 Å². The van der Waals surface area contributed by atoms with Crippen molar-refractivity contribution in [3.8, 4) is 0 Å². The molecule has 2 heterocycles. The number of carbonyl (C=O) groups excluding carboxylic acids is 1. The third-order valence-electron chi connectivity index (χ3n) is 2.30. The highest BCUT2D eigenvalue weighted by Gasteiger charge is 2.06. The zero-order valence-electron chi connectivity index (χ0n) is 10.8. The van der Waals surface area contributed by atoms with Gasteiger partial charge >= 0.3 is 0 Å². The highest BCUT2D eigenvalue weighted by atomic mass is 16.1. The Balaban J connectivity index is 0.000000686. The summed E-state index contributed by atoms with van der Waals surface area (Å²) in [6, 6.07) is 3.59. The molecule has 0 spiro atoms. The summed E-state index contributed by atoms with van der Waals surface area (Å²) < 4.78 is 1.95. The van der Waals surface area contributed by atoms with Gasteiger partial charge in [0.1, 0.15) is 5.65 Å². The van der Waals surface area contributed by atoms with Gasteiger partial charge < -0.3 is 9.72 Å². The first kappa shape index (κ1) is 13.2. The van der Waals surface area contributed by atoms with Crippen LogP contribution in [0.3, 0.4) is 0 Å². The summed E-state index contributed by atoms with van der Waals surface area (Å²) in [6.07, 6.45) is 3.65. The maximum Gasteiger partial charge on any atom is 0.251 e. The van der Waals surface area contributed by atoms with Crippen LogP contribution in [0.2, 0.25) is 0 Å². The summed E-state index contributed by atoms with van der Waals surface area (Å²) in [6.45, 7) is 8.51. The molecule has 2 aromatic rings. The molecule has 0 radical (unpaired) electrons. The number of nitrogens with zero attached hydrogens (tertiary/aromatic N) is 2. The molecule has 2 rings (SSSR count). The summed E-state index contributed by atoms with van der Waals surface area (Å²) in [7, 11) is 0. The number of hydrogen-bond acceptors (Lipinski definition) is 2. The summed E-state index contributed by atoms with van der Waals surface area (Å²) in [4.78, 5) is 15.8. The van der Waals surface area contributed by atoms with Crippen LogP contribution < -0.4 is 5.32 Å². The lowest BCUT2D eigenvalue weighted by Crippen LogP contribution is -2.22. The van der Waals surface area contributed by atoms with Crippen molar-refractivity contribution in [2.24, 2.45) is 0 Å². The van der Waals surface area contributed by atoms with Crippen LogP contribution in [0.25, 0.3) is 5.65 Å². The van der Waals surface area contributed by atoms with Crippen LogP contribution in [0.15, 0.2) is 24.5 Å². The summed E-state index contributed by atoms with van der Waals surface area (Å²) >= 11 is 0. The van der Waals surface area contributed by atoms with Crippen molar-refractivity contribution in [2.75, 3.05) is 6.54 Å². The quantitative estimate of drug-likeness (QED) is 0.865. The predicted octanol–water partition coefficient (Wildman–Crippen LogP) is 2.42. The zero-order valence-corrected chi connectivity index (χ0v) is 10.8. The summed E-state index contributed by atoms with van der Waals surface area (Å²) in [5.41, 5.74) is 2.51. The Kier molecular flexibility index (Phi) is 4.69. The van der Waals surface area contributed by atoms with Gasteiger partial charge in [-0.05, 0) is 26.0 Å². The predicted molar refractivity (Wildman–Crippen MR) is 69.3 cm³/mol. The number of pyridine rings is 1. The van der Waals surface area contributed by atoms with Gasteiger partial charge in [0.15, 0.2) is 0 Å². The van der Waals surface area contributed by atoms with Gasteiger partial charge in [0.05, 0.1) is 0 Å². The average molecular weight is 233 g/mol. The van der Waals surface area contributed by atoms with Crippen molar-refractivity contribution in [1.82, 2.24) is 14.7 Å². The van der Waals surface area contributed by atoms with Crippen LogP contribution in [0.4, 0.5) is 0 Å². The lowest BCUT2D eigenvalue weighted by molar-refractivity contribution is 0.0956. The monoisotopic (exact) mass is 233 g/mol. The van der Waals surface area contributed by atoms with E-state index in [1.165, 1.54) is 0 Å². The van der Waals surface area contributed by atoms with Gasteiger partial charge in [-0.1, -0.05) is 13.8 Å². The highest BCUT2D eigenvalue weighted by Crippen LogP contribution is 2.08. The molecule has 0 aliphatic heterocycles. The van der Waals surface area contributed by atoms with E-state index in [1.54, 1.807) is 18.3 Å². The maximum atomic E-state index is 11.5. The first-order valence-corrected chi connectivity index (χ1v) is 5.94. The lowest BCUT2D eigenvalue weighted by Gasteiger charge is -2.02. The molecule has 0 atom stereocenters. The van der Waals surface area contributed by atoms with Crippen molar-refractivity contribution < 1.29 is 4.79 Å². The van der Waals surface area contributed by atoms with E-state index < -0.39 is 0 Å². The fraction of sp³-hybridized carbons (Fsp3) is 0.385. The van der Waals surface area contributed by atoms with Gasteiger partial charge in [0, 0.05) is 30.2 Å². The number of fused-ring (bicyclic) bond motifs is 1. The molecule has 0 unspecified atom stereocenters. The molecule has 0 aliphatic rings. The average Bonchev–Trinajstić information content (AvgIpc) is 2.73. The minimum absolute atomic E-state index is 0.0550. The molecule has 0 aromatic carbocycles. The smallest absolute Gasteiger partial charge is 0.251 e. The molecule has 0 bridgehead atoms. The lowest BCUT2D eigenvalue weighted by atomic mass is 10.2. The van der Waals surface area contributed by atoms with Crippen molar-refractivity contribution in [3.63, 3.8) is 0 Å². The van der Waals surface area contributed by atoms with Crippen molar-refractivity contribution in [3.05, 3.63) is 35.8 Å². The van der Waals surface area contributed by atoms with E-state index in [0.29, 0.717) is 12.1 Å². The Morgan fingerprint density at radius 2 is 2.18 bits per heavy atom. The second kappa shape index (κ2) is 6.03. The number of hydrogen-bond donors (Lipinski definition) is 1. The SMILES string of the molecule is CC.CCNC(=O)c1ccn2c(C)cnc2c1. The van der Waals surface area contributed by atoms with Gasteiger partial charge in [0.25, 0.3) is 5.91 Å². The number of amides is 1. The second-order valence-corrected chi connectivity index (χ2v) is 3.40. The van der Waals surface area contributed by atoms with Crippen molar-refractivity contribution >= 4 is 11.6 Å². The fourth-order valence-corrected chi connectivity index (χ4v) is 1.51. The van der Waals surface area contributed by atoms with E-state index in [9.17, 15) is 4.79 Å². The third-order valence-corrected chi connectivity index (χ3v) is 2.30. The number of imidazole rings is 1. The van der Waals surface area contributed by atoms with Crippen molar-refractivity contribution in [2.45, 2.75) is 27.7 Å². The maximum absolute atomic E-state index is 11.5. The number of aryl methyl sites for hydroxylation is 1. The minimum Gasteiger partial charge on any atom is -0.352 e. The summed E-state index contributed by atoms with van der Waals surface area (Å²) in [5.74, 6) is -0.0550. The number of nitrogens with one attached hydrogen (secondary N) is 1. The number of carbonyl (C=O) groups is 1. The number of aromatic nitrogens is 2. The summed E-state index contributed by atoms with van der Waals surface area (Å²) in [5, 5.41) is 2.76. The molecule has 0 saturated heterocycles. The van der Waals surface area contributed by atoms with Crippen LogP contribution in [0.1, 0.15) is 36.8 Å². The first-order valence-electron chi connectivity index (χ1n) is 5.94. The van der Waals surface area contributed by atoms with Crippen LogP contribution >= 0.6 is 0 Å². The molecular formula is C13H19N3O. The van der Waals surface area contributed by atoms with E-state index >= 15 is 0 Å². The van der Waals surface area contributed by atoms with Crippen LogP contribution in [0.5, 0.6) is 0 Å². The largest absolute Gasteiger partial charge is 0.352 e. The van der Waals surface area contributed by atoms with Gasteiger partial charge in [-0.3, -0.25) is 4.79 Å². The standard InChI is InChI=1S/C11H13N3O.C2H6/c1-3-12-11(15)9-4-5-14-8(2)7-13-10(14)6-9;1-2/h4-7H,3H2,1-2H3,(H,12,15);1-2H3. The van der Waals surface area contributed by atoms with Gasteiger partial charge in [0.2, 0.25) is 0 Å². The molecule has 2 aromatic heterocycles. The van der Waals surface area contributed by atoms with Gasteiger partial charge in [-0.2, -0.15) is 0 Å². The van der Waals surface area contributed by atoms with Crippen LogP contribution in [-0.2, 0) is 0 Å². The topological polar surface area (TPSA) is 46.4 Å². The van der Waals surface area contributed by atoms with E-state index in [2.05, 4.69) is 10.3 Å². The zero-order chi connectivity index (χ0) is 12.8. The molecule has 1 amide bonds. The normalized spacial score (nSPS) is 9.65. The van der Waals surface area contributed by atoms with E-state index in [1.807, 2.05) is 38.3 Å². The molecular weight excluding hydrogens is 214 g/mol. The Morgan fingerprint density at radius 3 is 2.82 bits per heavy atom. The minimum atomic E-state index is -0.0550. The second-order valence-electron chi connectivity index (χ2n) is 3.40. The molecule has 4 heteroatoms. The van der Waals surface area contributed by atoms with E-state index in [4.69, 9.17) is 0 Å².